The molecule has 9 nitrogen and oxygen atoms in total. The zero-order chi connectivity index (χ0) is 41.0. The first-order valence-electron chi connectivity index (χ1n) is 22.8. The highest BCUT2D eigenvalue weighted by molar-refractivity contribution is 5.77. The van der Waals surface area contributed by atoms with Crippen LogP contribution in [0.1, 0.15) is 194 Å². The SMILES string of the molecule is CCCCCC=CCC=CCCCCCCCC(=O)OCC(COC(=O)CCCCCCCCC(=O)OCCCCCCCC)COC(=O)C1(C)CCN(C)C1. The Morgan fingerprint density at radius 3 is 1.50 bits per heavy atom. The number of hydrogen-bond donors (Lipinski definition) is 0. The van der Waals surface area contributed by atoms with Crippen LogP contribution in [-0.4, -0.2) is 75.3 Å². The first kappa shape index (κ1) is 51.3. The standard InChI is InChI=1S/C47H83NO8/c1-5-7-9-11-13-14-15-16-17-18-19-20-21-24-29-33-44(50)54-38-42(40-56-46(52)47(3)35-36-48(4)41-47)39-55-45(51)34-30-26-23-22-25-28-32-43(49)53-37-31-27-12-10-8-6-2/h13-14,16-17,42H,5-12,15,18-41H2,1-4H3. The van der Waals surface area contributed by atoms with Crippen LogP contribution < -0.4 is 0 Å². The predicted molar refractivity (Wildman–Crippen MR) is 227 cm³/mol. The van der Waals surface area contributed by atoms with Gasteiger partial charge in [-0.25, -0.2) is 0 Å². The van der Waals surface area contributed by atoms with E-state index in [1.54, 1.807) is 0 Å². The lowest BCUT2D eigenvalue weighted by Crippen LogP contribution is -2.35. The summed E-state index contributed by atoms with van der Waals surface area (Å²) in [5.74, 6) is -1.35. The van der Waals surface area contributed by atoms with Gasteiger partial charge in [0.2, 0.25) is 0 Å². The number of hydrogen-bond acceptors (Lipinski definition) is 9. The summed E-state index contributed by atoms with van der Waals surface area (Å²) in [6, 6.07) is 0. The number of unbranched alkanes of at least 4 members (excludes halogenated alkanes) is 18. The third-order valence-corrected chi connectivity index (χ3v) is 10.7. The van der Waals surface area contributed by atoms with Gasteiger partial charge in [-0.3, -0.25) is 19.2 Å². The van der Waals surface area contributed by atoms with Crippen molar-refractivity contribution >= 4 is 23.9 Å². The molecule has 0 radical (unpaired) electrons. The minimum absolute atomic E-state index is 0.0364. The zero-order valence-corrected chi connectivity index (χ0v) is 36.4. The molecule has 0 aromatic rings. The number of esters is 4. The Morgan fingerprint density at radius 1 is 0.554 bits per heavy atom. The molecule has 2 atom stereocenters. The molecular formula is C47H83NO8. The second-order valence-electron chi connectivity index (χ2n) is 16.5. The summed E-state index contributed by atoms with van der Waals surface area (Å²) >= 11 is 0. The Labute approximate surface area is 342 Å². The van der Waals surface area contributed by atoms with Crippen LogP contribution in [0, 0.1) is 11.3 Å². The van der Waals surface area contributed by atoms with Gasteiger partial charge < -0.3 is 23.8 Å². The van der Waals surface area contributed by atoms with Gasteiger partial charge in [0.15, 0.2) is 0 Å². The van der Waals surface area contributed by atoms with E-state index in [0.717, 1.165) is 109 Å². The normalized spacial score (nSPS) is 16.4. The fraction of sp³-hybridized carbons (Fsp3) is 0.830. The van der Waals surface area contributed by atoms with Crippen molar-refractivity contribution in [2.45, 2.75) is 194 Å². The smallest absolute Gasteiger partial charge is 0.313 e. The Bertz CT molecular complexity index is 1070. The number of allylic oxidation sites excluding steroid dienone is 4. The van der Waals surface area contributed by atoms with E-state index in [0.29, 0.717) is 32.4 Å². The molecule has 0 aliphatic carbocycles. The zero-order valence-electron chi connectivity index (χ0n) is 36.4. The molecule has 0 amide bonds. The third-order valence-electron chi connectivity index (χ3n) is 10.7. The van der Waals surface area contributed by atoms with E-state index in [1.807, 2.05) is 14.0 Å². The molecule has 0 aromatic heterocycles. The van der Waals surface area contributed by atoms with Crippen molar-refractivity contribution in [3.05, 3.63) is 24.3 Å². The second kappa shape index (κ2) is 35.5. The molecule has 56 heavy (non-hydrogen) atoms. The maximum atomic E-state index is 13.0. The molecule has 0 saturated carbocycles. The van der Waals surface area contributed by atoms with Crippen molar-refractivity contribution in [2.24, 2.45) is 11.3 Å². The van der Waals surface area contributed by atoms with Gasteiger partial charge in [-0.15, -0.1) is 0 Å². The number of carbonyl (C=O) groups excluding carboxylic acids is 4. The maximum Gasteiger partial charge on any atom is 0.313 e. The van der Waals surface area contributed by atoms with Crippen molar-refractivity contribution in [1.82, 2.24) is 4.90 Å². The lowest BCUT2D eigenvalue weighted by molar-refractivity contribution is -0.159. The summed E-state index contributed by atoms with van der Waals surface area (Å²) in [6.07, 6.45) is 35.8. The molecule has 0 N–H and O–H groups in total. The van der Waals surface area contributed by atoms with Crippen molar-refractivity contribution < 1.29 is 38.1 Å². The van der Waals surface area contributed by atoms with Gasteiger partial charge >= 0.3 is 23.9 Å². The highest BCUT2D eigenvalue weighted by Gasteiger charge is 2.40. The average molecular weight is 790 g/mol. The number of likely N-dealkylation sites (tertiary alicyclic amines) is 1. The quantitative estimate of drug-likeness (QED) is 0.0263. The highest BCUT2D eigenvalue weighted by Crippen LogP contribution is 2.30. The molecular weight excluding hydrogens is 707 g/mol. The van der Waals surface area contributed by atoms with Gasteiger partial charge in [-0.05, 0) is 84.7 Å². The monoisotopic (exact) mass is 790 g/mol. The topological polar surface area (TPSA) is 108 Å². The van der Waals surface area contributed by atoms with Crippen LogP contribution in [0.4, 0.5) is 0 Å². The van der Waals surface area contributed by atoms with Crippen LogP contribution in [0.5, 0.6) is 0 Å². The molecule has 1 saturated heterocycles. The molecule has 1 heterocycles. The van der Waals surface area contributed by atoms with Crippen LogP contribution in [0.25, 0.3) is 0 Å². The van der Waals surface area contributed by atoms with Crippen LogP contribution in [0.3, 0.4) is 0 Å². The Balaban J connectivity index is 2.26. The molecule has 324 valence electrons. The minimum Gasteiger partial charge on any atom is -0.466 e. The van der Waals surface area contributed by atoms with E-state index in [-0.39, 0.29) is 43.7 Å². The van der Waals surface area contributed by atoms with Crippen LogP contribution >= 0.6 is 0 Å². The van der Waals surface area contributed by atoms with Gasteiger partial charge in [-0.2, -0.15) is 0 Å². The largest absolute Gasteiger partial charge is 0.466 e. The molecule has 2 unspecified atom stereocenters. The summed E-state index contributed by atoms with van der Waals surface area (Å²) in [7, 11) is 1.99. The highest BCUT2D eigenvalue weighted by atomic mass is 16.6. The van der Waals surface area contributed by atoms with Crippen LogP contribution in [0.2, 0.25) is 0 Å². The number of nitrogens with zero attached hydrogens (tertiary/aromatic N) is 1. The Kier molecular flexibility index (Phi) is 32.5. The number of rotatable bonds is 37. The molecule has 1 rings (SSSR count). The van der Waals surface area contributed by atoms with E-state index in [1.165, 1.54) is 51.4 Å². The van der Waals surface area contributed by atoms with Gasteiger partial charge in [-0.1, -0.05) is 128 Å². The van der Waals surface area contributed by atoms with Crippen molar-refractivity contribution in [2.75, 3.05) is 46.6 Å². The molecule has 1 aliphatic rings. The van der Waals surface area contributed by atoms with Crippen LogP contribution in [0.15, 0.2) is 24.3 Å². The van der Waals surface area contributed by atoms with Crippen molar-refractivity contribution in [1.29, 1.82) is 0 Å². The fourth-order valence-electron chi connectivity index (χ4n) is 6.90. The summed E-state index contributed by atoms with van der Waals surface area (Å²) in [6.45, 7) is 8.49. The van der Waals surface area contributed by atoms with Gasteiger partial charge in [0.1, 0.15) is 19.8 Å². The average Bonchev–Trinajstić information content (AvgIpc) is 3.55. The van der Waals surface area contributed by atoms with Crippen LogP contribution in [-0.2, 0) is 38.1 Å². The Hall–Kier alpha value is -2.68. The lowest BCUT2D eigenvalue weighted by atomic mass is 9.90. The Morgan fingerprint density at radius 2 is 0.982 bits per heavy atom. The predicted octanol–water partition coefficient (Wildman–Crippen LogP) is 11.4. The second-order valence-corrected chi connectivity index (χ2v) is 16.5. The molecule has 0 aromatic carbocycles. The minimum atomic E-state index is -0.565. The number of carbonyl (C=O) groups is 4. The fourth-order valence-corrected chi connectivity index (χ4v) is 6.90. The summed E-state index contributed by atoms with van der Waals surface area (Å²) in [4.78, 5) is 52.2. The van der Waals surface area contributed by atoms with Crippen molar-refractivity contribution in [3.63, 3.8) is 0 Å². The molecule has 9 heteroatoms. The number of ether oxygens (including phenoxy) is 4. The van der Waals surface area contributed by atoms with Gasteiger partial charge in [0, 0.05) is 25.8 Å². The summed E-state index contributed by atoms with van der Waals surface area (Å²) < 4.78 is 22.2. The van der Waals surface area contributed by atoms with E-state index in [4.69, 9.17) is 18.9 Å². The summed E-state index contributed by atoms with van der Waals surface area (Å²) in [5.41, 5.74) is -0.565. The van der Waals surface area contributed by atoms with E-state index < -0.39 is 11.3 Å². The first-order valence-corrected chi connectivity index (χ1v) is 22.8. The molecule has 1 aliphatic heterocycles. The third kappa shape index (κ3) is 29.5. The summed E-state index contributed by atoms with van der Waals surface area (Å²) in [5, 5.41) is 0. The van der Waals surface area contributed by atoms with Gasteiger partial charge in [0.05, 0.1) is 17.9 Å². The first-order chi connectivity index (χ1) is 27.2. The molecule has 0 spiro atoms. The van der Waals surface area contributed by atoms with E-state index >= 15 is 0 Å². The van der Waals surface area contributed by atoms with Crippen molar-refractivity contribution in [3.8, 4) is 0 Å². The maximum absolute atomic E-state index is 13.0. The molecule has 0 bridgehead atoms. The lowest BCUT2D eigenvalue weighted by Gasteiger charge is -2.24. The van der Waals surface area contributed by atoms with Gasteiger partial charge in [0.25, 0.3) is 0 Å². The van der Waals surface area contributed by atoms with E-state index in [2.05, 4.69) is 43.1 Å². The molecule has 1 fully saturated rings. The van der Waals surface area contributed by atoms with E-state index in [9.17, 15) is 19.2 Å².